The van der Waals surface area contributed by atoms with Crippen molar-refractivity contribution >= 4 is 11.3 Å². The molecule has 33 heavy (non-hydrogen) atoms. The van der Waals surface area contributed by atoms with Gasteiger partial charge in [0.05, 0.1) is 23.2 Å². The first-order chi connectivity index (χ1) is 15.9. The molecule has 0 spiro atoms. The highest BCUT2D eigenvalue weighted by atomic mass is 32.1. The van der Waals surface area contributed by atoms with Crippen LogP contribution < -0.4 is 5.56 Å². The van der Waals surface area contributed by atoms with E-state index >= 15 is 0 Å². The molecule has 4 rings (SSSR count). The molecule has 0 amide bonds. The number of rotatable bonds is 8. The standard InChI is InChI=1S/C23H24FN5O3S/c1-4-5-6-18-26-21(30)20(22-28-27-19(32-22)11-17-12-33-14(3)25-17)23(31)29(18)13(2)15-7-9-16(24)10-8-15/h7-10,12-13,30H,4-6,11H2,1-3H3/t13-/m0/s1. The summed E-state index contributed by atoms with van der Waals surface area (Å²) in [5.41, 5.74) is 0.870. The molecule has 3 aromatic heterocycles. The maximum Gasteiger partial charge on any atom is 0.270 e. The highest BCUT2D eigenvalue weighted by Gasteiger charge is 2.25. The Morgan fingerprint density at radius 1 is 1.21 bits per heavy atom. The molecule has 3 heterocycles. The summed E-state index contributed by atoms with van der Waals surface area (Å²) in [7, 11) is 0. The molecule has 1 aromatic carbocycles. The van der Waals surface area contributed by atoms with E-state index in [2.05, 4.69) is 20.2 Å². The van der Waals surface area contributed by atoms with Gasteiger partial charge in [0.15, 0.2) is 5.56 Å². The molecule has 172 valence electrons. The summed E-state index contributed by atoms with van der Waals surface area (Å²) >= 11 is 1.52. The van der Waals surface area contributed by atoms with Crippen molar-refractivity contribution in [2.45, 2.75) is 52.5 Å². The summed E-state index contributed by atoms with van der Waals surface area (Å²) in [4.78, 5) is 22.3. The summed E-state index contributed by atoms with van der Waals surface area (Å²) in [5, 5.41) is 21.4. The molecular weight excluding hydrogens is 445 g/mol. The molecule has 0 bridgehead atoms. The number of thiazole rings is 1. The Labute approximate surface area is 193 Å². The molecule has 1 atom stereocenters. The van der Waals surface area contributed by atoms with Crippen molar-refractivity contribution in [2.24, 2.45) is 0 Å². The first kappa shape index (κ1) is 22.8. The lowest BCUT2D eigenvalue weighted by Crippen LogP contribution is -2.30. The van der Waals surface area contributed by atoms with Gasteiger partial charge in [0.2, 0.25) is 11.8 Å². The summed E-state index contributed by atoms with van der Waals surface area (Å²) < 4.78 is 20.6. The fourth-order valence-electron chi connectivity index (χ4n) is 3.62. The normalized spacial score (nSPS) is 12.2. The fraction of sp³-hybridized carbons (Fsp3) is 0.348. The van der Waals surface area contributed by atoms with Crippen LogP contribution in [0.25, 0.3) is 11.5 Å². The predicted octanol–water partition coefficient (Wildman–Crippen LogP) is 4.45. The Morgan fingerprint density at radius 3 is 2.64 bits per heavy atom. The Kier molecular flexibility index (Phi) is 6.64. The van der Waals surface area contributed by atoms with Gasteiger partial charge in [0.25, 0.3) is 11.4 Å². The van der Waals surface area contributed by atoms with E-state index in [0.717, 1.165) is 29.1 Å². The van der Waals surface area contributed by atoms with Crippen LogP contribution in [0.1, 0.15) is 60.7 Å². The summed E-state index contributed by atoms with van der Waals surface area (Å²) in [6.07, 6.45) is 2.51. The zero-order chi connectivity index (χ0) is 23.5. The average molecular weight is 470 g/mol. The maximum absolute atomic E-state index is 13.6. The molecule has 8 nitrogen and oxygen atoms in total. The topological polar surface area (TPSA) is 107 Å². The second kappa shape index (κ2) is 9.62. The van der Waals surface area contributed by atoms with E-state index in [-0.39, 0.29) is 23.2 Å². The van der Waals surface area contributed by atoms with Crippen molar-refractivity contribution < 1.29 is 13.9 Å². The maximum atomic E-state index is 13.6. The van der Waals surface area contributed by atoms with Gasteiger partial charge in [-0.2, -0.15) is 4.98 Å². The van der Waals surface area contributed by atoms with Gasteiger partial charge in [-0.1, -0.05) is 25.5 Å². The van der Waals surface area contributed by atoms with E-state index in [1.807, 2.05) is 26.2 Å². The van der Waals surface area contributed by atoms with E-state index in [4.69, 9.17) is 4.42 Å². The van der Waals surface area contributed by atoms with Crippen molar-refractivity contribution in [3.05, 3.63) is 73.8 Å². The number of benzene rings is 1. The lowest BCUT2D eigenvalue weighted by Gasteiger charge is -2.20. The third-order valence-electron chi connectivity index (χ3n) is 5.34. The predicted molar refractivity (Wildman–Crippen MR) is 122 cm³/mol. The van der Waals surface area contributed by atoms with E-state index in [0.29, 0.717) is 18.7 Å². The number of aromatic nitrogens is 5. The molecule has 0 aliphatic carbocycles. The third kappa shape index (κ3) is 4.85. The number of halogens is 1. The number of unbranched alkanes of at least 4 members (excludes halogenated alkanes) is 1. The molecular formula is C23H24FN5O3S. The lowest BCUT2D eigenvalue weighted by molar-refractivity contribution is 0.431. The van der Waals surface area contributed by atoms with E-state index < -0.39 is 17.5 Å². The van der Waals surface area contributed by atoms with Crippen molar-refractivity contribution in [1.29, 1.82) is 0 Å². The minimum absolute atomic E-state index is 0.103. The number of aryl methyl sites for hydroxylation is 2. The van der Waals surface area contributed by atoms with Crippen molar-refractivity contribution in [1.82, 2.24) is 24.7 Å². The first-order valence-corrected chi connectivity index (χ1v) is 11.6. The van der Waals surface area contributed by atoms with Gasteiger partial charge in [0.1, 0.15) is 11.6 Å². The molecule has 0 fully saturated rings. The fourth-order valence-corrected chi connectivity index (χ4v) is 4.24. The van der Waals surface area contributed by atoms with Crippen molar-refractivity contribution in [3.63, 3.8) is 0 Å². The molecule has 0 aliphatic heterocycles. The van der Waals surface area contributed by atoms with Crippen LogP contribution in [-0.2, 0) is 12.8 Å². The summed E-state index contributed by atoms with van der Waals surface area (Å²) in [5.74, 6) is -0.190. The SMILES string of the molecule is CCCCc1nc(O)c(-c2nnc(Cc3csc(C)n3)o2)c(=O)n1[C@@H](C)c1ccc(F)cc1. The van der Waals surface area contributed by atoms with Gasteiger partial charge in [0, 0.05) is 11.8 Å². The second-order valence-corrected chi connectivity index (χ2v) is 8.83. The third-order valence-corrected chi connectivity index (χ3v) is 6.16. The van der Waals surface area contributed by atoms with Crippen LogP contribution in [0.15, 0.2) is 38.9 Å². The van der Waals surface area contributed by atoms with Crippen LogP contribution >= 0.6 is 11.3 Å². The molecule has 0 saturated carbocycles. The van der Waals surface area contributed by atoms with Gasteiger partial charge < -0.3 is 9.52 Å². The Hall–Kier alpha value is -3.40. The van der Waals surface area contributed by atoms with Gasteiger partial charge in [-0.25, -0.2) is 9.37 Å². The minimum atomic E-state index is -0.495. The quantitative estimate of drug-likeness (QED) is 0.406. The van der Waals surface area contributed by atoms with E-state index in [1.165, 1.54) is 28.0 Å². The van der Waals surface area contributed by atoms with Crippen molar-refractivity contribution in [2.75, 3.05) is 0 Å². The average Bonchev–Trinajstić information content (AvgIpc) is 3.41. The molecule has 10 heteroatoms. The zero-order valence-electron chi connectivity index (χ0n) is 18.6. The van der Waals surface area contributed by atoms with Crippen LogP contribution in [-0.4, -0.2) is 29.8 Å². The van der Waals surface area contributed by atoms with Crippen LogP contribution in [0.3, 0.4) is 0 Å². The van der Waals surface area contributed by atoms with Crippen LogP contribution in [0, 0.1) is 12.7 Å². The van der Waals surface area contributed by atoms with Crippen LogP contribution in [0.4, 0.5) is 4.39 Å². The van der Waals surface area contributed by atoms with Crippen molar-refractivity contribution in [3.8, 4) is 17.3 Å². The van der Waals surface area contributed by atoms with Gasteiger partial charge in [-0.3, -0.25) is 9.36 Å². The first-order valence-electron chi connectivity index (χ1n) is 10.7. The highest BCUT2D eigenvalue weighted by Crippen LogP contribution is 2.27. The Balaban J connectivity index is 1.77. The number of aromatic hydroxyl groups is 1. The minimum Gasteiger partial charge on any atom is -0.493 e. The lowest BCUT2D eigenvalue weighted by atomic mass is 10.1. The summed E-state index contributed by atoms with van der Waals surface area (Å²) in [6.45, 7) is 5.77. The summed E-state index contributed by atoms with van der Waals surface area (Å²) in [6, 6.07) is 5.51. The van der Waals surface area contributed by atoms with Gasteiger partial charge in [-0.05, 0) is 38.0 Å². The number of nitrogens with zero attached hydrogens (tertiary/aromatic N) is 5. The second-order valence-electron chi connectivity index (χ2n) is 7.77. The molecule has 0 aliphatic rings. The number of hydrogen-bond acceptors (Lipinski definition) is 8. The van der Waals surface area contributed by atoms with Gasteiger partial charge in [-0.15, -0.1) is 21.5 Å². The largest absolute Gasteiger partial charge is 0.493 e. The highest BCUT2D eigenvalue weighted by molar-refractivity contribution is 7.09. The smallest absolute Gasteiger partial charge is 0.270 e. The van der Waals surface area contributed by atoms with Gasteiger partial charge >= 0.3 is 0 Å². The molecule has 0 radical (unpaired) electrons. The zero-order valence-corrected chi connectivity index (χ0v) is 19.4. The molecule has 4 aromatic rings. The van der Waals surface area contributed by atoms with Crippen LogP contribution in [0.2, 0.25) is 0 Å². The molecule has 0 unspecified atom stereocenters. The number of hydrogen-bond donors (Lipinski definition) is 1. The Bertz CT molecular complexity index is 1310. The molecule has 1 N–H and O–H groups in total. The molecule has 0 saturated heterocycles. The monoisotopic (exact) mass is 469 g/mol. The van der Waals surface area contributed by atoms with E-state index in [1.54, 1.807) is 12.1 Å². The van der Waals surface area contributed by atoms with E-state index in [9.17, 15) is 14.3 Å². The Morgan fingerprint density at radius 2 is 1.97 bits per heavy atom. The van der Waals surface area contributed by atoms with Crippen LogP contribution in [0.5, 0.6) is 5.88 Å².